The minimum Gasteiger partial charge on any atom is -0.356 e. The number of aromatic nitrogens is 2. The Hall–Kier alpha value is -3.23. The molecule has 0 radical (unpaired) electrons. The van der Waals surface area contributed by atoms with Crippen LogP contribution in [-0.2, 0) is 17.9 Å². The van der Waals surface area contributed by atoms with Gasteiger partial charge in [-0.2, -0.15) is 5.10 Å². The van der Waals surface area contributed by atoms with Gasteiger partial charge in [0.15, 0.2) is 5.69 Å². The third kappa shape index (κ3) is 6.40. The van der Waals surface area contributed by atoms with Crippen LogP contribution in [0.25, 0.3) is 0 Å². The van der Waals surface area contributed by atoms with Crippen LogP contribution >= 0.6 is 0 Å². The molecule has 33 heavy (non-hydrogen) atoms. The zero-order valence-corrected chi connectivity index (χ0v) is 19.5. The average molecular weight is 458 g/mol. The zero-order chi connectivity index (χ0) is 24.0. The number of halogens is 1. The maximum absolute atomic E-state index is 13.2. The average Bonchev–Trinajstić information content (AvgIpc) is 3.16. The van der Waals surface area contributed by atoms with Gasteiger partial charge in [0.2, 0.25) is 5.91 Å². The topological polar surface area (TPSA) is 87.5 Å². The second-order valence-electron chi connectivity index (χ2n) is 8.68. The molecule has 0 fully saturated rings. The van der Waals surface area contributed by atoms with Gasteiger partial charge in [-0.15, -0.1) is 0 Å². The largest absolute Gasteiger partial charge is 0.356 e. The van der Waals surface area contributed by atoms with Crippen molar-refractivity contribution in [1.82, 2.24) is 24.9 Å². The molecule has 1 aromatic carbocycles. The van der Waals surface area contributed by atoms with E-state index in [4.69, 9.17) is 0 Å². The predicted molar refractivity (Wildman–Crippen MR) is 122 cm³/mol. The number of nitrogens with one attached hydrogen (secondary N) is 1. The van der Waals surface area contributed by atoms with Gasteiger partial charge in [0.05, 0.1) is 0 Å². The number of hydrogen-bond acceptors (Lipinski definition) is 4. The van der Waals surface area contributed by atoms with Crippen molar-refractivity contribution in [3.63, 3.8) is 0 Å². The summed E-state index contributed by atoms with van der Waals surface area (Å²) in [5.41, 5.74) is 1.40. The molecule has 0 atom stereocenters. The first-order chi connectivity index (χ1) is 15.8. The molecule has 0 aliphatic carbocycles. The molecule has 178 valence electrons. The second-order valence-corrected chi connectivity index (χ2v) is 8.68. The van der Waals surface area contributed by atoms with Gasteiger partial charge in [-0.3, -0.25) is 19.1 Å². The molecular weight excluding hydrogens is 425 g/mol. The lowest BCUT2D eigenvalue weighted by atomic mass is 10.2. The third-order valence-corrected chi connectivity index (χ3v) is 5.58. The van der Waals surface area contributed by atoms with Gasteiger partial charge in [-0.1, -0.05) is 26.0 Å². The van der Waals surface area contributed by atoms with Crippen molar-refractivity contribution in [3.05, 3.63) is 53.1 Å². The van der Waals surface area contributed by atoms with E-state index in [1.165, 1.54) is 18.2 Å². The van der Waals surface area contributed by atoms with Crippen LogP contribution in [0.5, 0.6) is 0 Å². The van der Waals surface area contributed by atoms with Crippen molar-refractivity contribution in [3.8, 4) is 0 Å². The van der Waals surface area contributed by atoms with E-state index in [9.17, 15) is 18.8 Å². The number of benzene rings is 1. The number of amides is 3. The van der Waals surface area contributed by atoms with Gasteiger partial charge in [0.25, 0.3) is 11.8 Å². The van der Waals surface area contributed by atoms with E-state index < -0.39 is 0 Å². The first kappa shape index (κ1) is 24.4. The predicted octanol–water partition coefficient (Wildman–Crippen LogP) is 2.69. The van der Waals surface area contributed by atoms with Crippen molar-refractivity contribution in [2.75, 3.05) is 26.2 Å². The van der Waals surface area contributed by atoms with Crippen LogP contribution in [0.1, 0.15) is 60.2 Å². The lowest BCUT2D eigenvalue weighted by Gasteiger charge is -2.20. The third-order valence-electron chi connectivity index (χ3n) is 5.58. The van der Waals surface area contributed by atoms with Crippen LogP contribution in [0.15, 0.2) is 30.3 Å². The van der Waals surface area contributed by atoms with Crippen LogP contribution < -0.4 is 5.32 Å². The second kappa shape index (κ2) is 11.1. The number of fused-ring (bicyclic) bond motifs is 1. The fourth-order valence-corrected chi connectivity index (χ4v) is 3.71. The van der Waals surface area contributed by atoms with Crippen molar-refractivity contribution in [1.29, 1.82) is 0 Å². The summed E-state index contributed by atoms with van der Waals surface area (Å²) in [6.07, 6.45) is 0.910. The Balaban J connectivity index is 1.67. The molecule has 2 heterocycles. The van der Waals surface area contributed by atoms with Crippen molar-refractivity contribution < 1.29 is 18.8 Å². The number of hydrogen-bond donors (Lipinski definition) is 1. The molecule has 9 heteroatoms. The van der Waals surface area contributed by atoms with Gasteiger partial charge in [-0.25, -0.2) is 4.39 Å². The van der Waals surface area contributed by atoms with Crippen molar-refractivity contribution in [2.24, 2.45) is 5.92 Å². The molecular formula is C24H32FN5O3. The molecule has 0 unspecified atom stereocenters. The van der Waals surface area contributed by atoms with Gasteiger partial charge in [0.1, 0.15) is 11.5 Å². The number of aryl methyl sites for hydroxylation is 1. The van der Waals surface area contributed by atoms with E-state index in [0.29, 0.717) is 50.8 Å². The summed E-state index contributed by atoms with van der Waals surface area (Å²) in [4.78, 5) is 41.5. The monoisotopic (exact) mass is 457 g/mol. The van der Waals surface area contributed by atoms with Crippen molar-refractivity contribution >= 4 is 17.7 Å². The lowest BCUT2D eigenvalue weighted by Crippen LogP contribution is -2.36. The Kier molecular flexibility index (Phi) is 8.19. The number of rotatable bonds is 9. The Morgan fingerprint density at radius 1 is 1.21 bits per heavy atom. The molecule has 1 aromatic heterocycles. The molecule has 0 saturated heterocycles. The maximum Gasteiger partial charge on any atom is 0.274 e. The van der Waals surface area contributed by atoms with E-state index in [1.54, 1.807) is 26.6 Å². The molecule has 0 saturated carbocycles. The highest BCUT2D eigenvalue weighted by Crippen LogP contribution is 2.18. The smallest absolute Gasteiger partial charge is 0.274 e. The molecule has 0 spiro atoms. The molecule has 1 N–H and O–H groups in total. The van der Waals surface area contributed by atoms with Gasteiger partial charge in [-0.05, 0) is 37.0 Å². The van der Waals surface area contributed by atoms with Crippen LogP contribution in [0.4, 0.5) is 4.39 Å². The maximum atomic E-state index is 13.2. The highest BCUT2D eigenvalue weighted by molar-refractivity contribution is 5.98. The molecule has 1 aliphatic heterocycles. The molecule has 0 bridgehead atoms. The van der Waals surface area contributed by atoms with E-state index in [-0.39, 0.29) is 42.2 Å². The minimum atomic E-state index is -0.319. The Bertz CT molecular complexity index is 986. The summed E-state index contributed by atoms with van der Waals surface area (Å²) >= 11 is 0. The van der Waals surface area contributed by atoms with E-state index in [2.05, 4.69) is 10.4 Å². The fraction of sp³-hybridized carbons (Fsp3) is 0.500. The summed E-state index contributed by atoms with van der Waals surface area (Å²) < 4.78 is 14.8. The van der Waals surface area contributed by atoms with Gasteiger partial charge in [0, 0.05) is 51.8 Å². The first-order valence-corrected chi connectivity index (χ1v) is 11.5. The van der Waals surface area contributed by atoms with Crippen LogP contribution in [0.2, 0.25) is 0 Å². The Morgan fingerprint density at radius 2 is 1.94 bits per heavy atom. The highest BCUT2D eigenvalue weighted by atomic mass is 19.1. The van der Waals surface area contributed by atoms with Gasteiger partial charge < -0.3 is 15.1 Å². The molecule has 2 aromatic rings. The van der Waals surface area contributed by atoms with Gasteiger partial charge >= 0.3 is 0 Å². The van der Waals surface area contributed by atoms with E-state index in [0.717, 1.165) is 5.56 Å². The summed E-state index contributed by atoms with van der Waals surface area (Å²) in [5, 5.41) is 7.25. The number of nitrogens with zero attached hydrogens (tertiary/aromatic N) is 4. The number of carbonyl (C=O) groups is 3. The summed E-state index contributed by atoms with van der Waals surface area (Å²) in [7, 11) is 0. The molecule has 3 rings (SSSR count). The SMILES string of the molecule is CCN(CCC(=O)NCC(C)C)C(=O)c1cc2n(n1)CCCN(Cc1ccc(F)cc1)C2=O. The Labute approximate surface area is 193 Å². The summed E-state index contributed by atoms with van der Waals surface area (Å²) in [5.74, 6) is -0.562. The summed E-state index contributed by atoms with van der Waals surface area (Å²) in [6.45, 7) is 8.65. The van der Waals surface area contributed by atoms with E-state index in [1.807, 2.05) is 20.8 Å². The molecule has 8 nitrogen and oxygen atoms in total. The van der Waals surface area contributed by atoms with Crippen LogP contribution in [0.3, 0.4) is 0 Å². The Morgan fingerprint density at radius 3 is 2.61 bits per heavy atom. The quantitative estimate of drug-likeness (QED) is 0.627. The lowest BCUT2D eigenvalue weighted by molar-refractivity contribution is -0.121. The van der Waals surface area contributed by atoms with E-state index >= 15 is 0 Å². The molecule has 1 aliphatic rings. The fourth-order valence-electron chi connectivity index (χ4n) is 3.71. The molecule has 3 amide bonds. The van der Waals surface area contributed by atoms with Crippen LogP contribution in [-0.4, -0.2) is 63.5 Å². The minimum absolute atomic E-state index is 0.0952. The zero-order valence-electron chi connectivity index (χ0n) is 19.5. The van der Waals surface area contributed by atoms with Crippen LogP contribution in [0, 0.1) is 11.7 Å². The first-order valence-electron chi connectivity index (χ1n) is 11.5. The highest BCUT2D eigenvalue weighted by Gasteiger charge is 2.28. The van der Waals surface area contributed by atoms with Crippen molar-refractivity contribution in [2.45, 2.75) is 46.7 Å². The normalized spacial score (nSPS) is 13.6. The standard InChI is InChI=1S/C24H32FN5O3/c1-4-28(13-10-22(31)26-15-17(2)3)23(32)20-14-21-24(33)29(11-5-12-30(21)27-20)16-18-6-8-19(25)9-7-18/h6-9,14,17H,4-5,10-13,15-16H2,1-3H3,(H,26,31). The summed E-state index contributed by atoms with van der Waals surface area (Å²) in [6, 6.07) is 7.61. The number of carbonyl (C=O) groups excluding carboxylic acids is 3.